The monoisotopic (exact) mass is 425 g/mol. The molecule has 1 N–H and O–H groups in total. The fourth-order valence-corrected chi connectivity index (χ4v) is 6.10. The van der Waals surface area contributed by atoms with E-state index in [0.29, 0.717) is 24.5 Å². The van der Waals surface area contributed by atoms with Gasteiger partial charge in [0.15, 0.2) is 0 Å². The van der Waals surface area contributed by atoms with Crippen molar-refractivity contribution < 1.29 is 14.3 Å². The Bertz CT molecular complexity index is 790. The van der Waals surface area contributed by atoms with Crippen LogP contribution in [0.4, 0.5) is 0 Å². The summed E-state index contributed by atoms with van der Waals surface area (Å²) in [4.78, 5) is 31.4. The van der Waals surface area contributed by atoms with Crippen LogP contribution in [0.5, 0.6) is 0 Å². The summed E-state index contributed by atoms with van der Waals surface area (Å²) < 4.78 is 5.55. The highest BCUT2D eigenvalue weighted by Gasteiger charge is 2.53. The van der Waals surface area contributed by atoms with Crippen molar-refractivity contribution in [3.05, 3.63) is 35.9 Å². The molecule has 4 aliphatic rings. The standard InChI is InChI=1S/C25H35N3O3/c29-23(19-5-2-1-3-6-19)28-12-10-20-17-22(27-13-15-31-16-14-27)9-11-25(20,18-28)24(30)26-21-7-4-8-21/h1-3,5-6,20-22H,4,7-18H2,(H,26,30)/t20-,22-,25-/m1/s1. The molecule has 2 aliphatic heterocycles. The van der Waals surface area contributed by atoms with Crippen LogP contribution in [-0.2, 0) is 9.53 Å². The SMILES string of the molecule is O=C(c1ccccc1)N1CC[C@@H]2C[C@H](N3CCOCC3)CC[C@@]2(C(=O)NC2CCC2)C1. The number of fused-ring (bicyclic) bond motifs is 1. The number of nitrogens with zero attached hydrogens (tertiary/aromatic N) is 2. The van der Waals surface area contributed by atoms with Gasteiger partial charge in [0.25, 0.3) is 5.91 Å². The molecule has 0 bridgehead atoms. The summed E-state index contributed by atoms with van der Waals surface area (Å²) in [5, 5.41) is 3.36. The average Bonchev–Trinajstić information content (AvgIpc) is 2.81. The van der Waals surface area contributed by atoms with Crippen LogP contribution in [-0.4, -0.2) is 73.1 Å². The zero-order valence-electron chi connectivity index (χ0n) is 18.4. The maximum Gasteiger partial charge on any atom is 0.253 e. The Morgan fingerprint density at radius 1 is 1.00 bits per heavy atom. The number of hydrogen-bond acceptors (Lipinski definition) is 4. The summed E-state index contributed by atoms with van der Waals surface area (Å²) in [6.07, 6.45) is 7.27. The summed E-state index contributed by atoms with van der Waals surface area (Å²) in [5.41, 5.74) is 0.277. The lowest BCUT2D eigenvalue weighted by Gasteiger charge is -2.53. The van der Waals surface area contributed by atoms with Gasteiger partial charge in [-0.2, -0.15) is 0 Å². The van der Waals surface area contributed by atoms with Crippen LogP contribution in [0.1, 0.15) is 55.3 Å². The van der Waals surface area contributed by atoms with Gasteiger partial charge in [0.2, 0.25) is 5.91 Å². The van der Waals surface area contributed by atoms with E-state index in [9.17, 15) is 9.59 Å². The minimum atomic E-state index is -0.443. The molecule has 6 heteroatoms. The lowest BCUT2D eigenvalue weighted by molar-refractivity contribution is -0.145. The third kappa shape index (κ3) is 4.12. The van der Waals surface area contributed by atoms with Gasteiger partial charge in [-0.1, -0.05) is 18.2 Å². The Labute approximate surface area is 185 Å². The zero-order valence-corrected chi connectivity index (χ0v) is 18.4. The molecule has 2 saturated carbocycles. The number of likely N-dealkylation sites (tertiary alicyclic amines) is 1. The van der Waals surface area contributed by atoms with Crippen molar-refractivity contribution in [1.82, 2.24) is 15.1 Å². The maximum atomic E-state index is 13.7. The minimum Gasteiger partial charge on any atom is -0.379 e. The van der Waals surface area contributed by atoms with Crippen LogP contribution in [0.25, 0.3) is 0 Å². The quantitative estimate of drug-likeness (QED) is 0.806. The largest absolute Gasteiger partial charge is 0.379 e. The summed E-state index contributed by atoms with van der Waals surface area (Å²) >= 11 is 0. The van der Waals surface area contributed by atoms with Crippen molar-refractivity contribution in [3.63, 3.8) is 0 Å². The number of rotatable bonds is 4. The first-order valence-electron chi connectivity index (χ1n) is 12.1. The fourth-order valence-electron chi connectivity index (χ4n) is 6.10. The third-order valence-corrected chi connectivity index (χ3v) is 8.24. The molecule has 4 fully saturated rings. The predicted octanol–water partition coefficient (Wildman–Crippen LogP) is 2.69. The second-order valence-electron chi connectivity index (χ2n) is 9.91. The number of amides is 2. The molecular formula is C25H35N3O3. The van der Waals surface area contributed by atoms with Crippen molar-refractivity contribution in [2.45, 2.75) is 57.0 Å². The minimum absolute atomic E-state index is 0.0603. The molecule has 5 rings (SSSR count). The van der Waals surface area contributed by atoms with E-state index in [1.165, 1.54) is 6.42 Å². The lowest BCUT2D eigenvalue weighted by atomic mass is 9.60. The van der Waals surface area contributed by atoms with Crippen LogP contribution < -0.4 is 5.32 Å². The van der Waals surface area contributed by atoms with Gasteiger partial charge >= 0.3 is 0 Å². The van der Waals surface area contributed by atoms with Crippen molar-refractivity contribution >= 4 is 11.8 Å². The first-order valence-corrected chi connectivity index (χ1v) is 12.1. The average molecular weight is 426 g/mol. The summed E-state index contributed by atoms with van der Waals surface area (Å²) in [7, 11) is 0. The van der Waals surface area contributed by atoms with Crippen LogP contribution in [0.15, 0.2) is 30.3 Å². The van der Waals surface area contributed by atoms with Gasteiger partial charge in [0.1, 0.15) is 0 Å². The first kappa shape index (κ1) is 21.0. The van der Waals surface area contributed by atoms with Crippen molar-refractivity contribution in [2.75, 3.05) is 39.4 Å². The molecule has 2 heterocycles. The van der Waals surface area contributed by atoms with Gasteiger partial charge in [0.05, 0.1) is 18.6 Å². The van der Waals surface area contributed by atoms with Crippen LogP contribution in [0.3, 0.4) is 0 Å². The number of ether oxygens (including phenoxy) is 1. The highest BCUT2D eigenvalue weighted by Crippen LogP contribution is 2.48. The summed E-state index contributed by atoms with van der Waals surface area (Å²) in [6, 6.07) is 10.4. The molecule has 0 spiro atoms. The topological polar surface area (TPSA) is 61.9 Å². The molecule has 0 radical (unpaired) electrons. The summed E-state index contributed by atoms with van der Waals surface area (Å²) in [5.74, 6) is 0.604. The highest BCUT2D eigenvalue weighted by atomic mass is 16.5. The second-order valence-corrected chi connectivity index (χ2v) is 9.91. The Morgan fingerprint density at radius 2 is 1.77 bits per heavy atom. The van der Waals surface area contributed by atoms with Crippen LogP contribution in [0.2, 0.25) is 0 Å². The first-order chi connectivity index (χ1) is 15.2. The van der Waals surface area contributed by atoms with Crippen molar-refractivity contribution in [3.8, 4) is 0 Å². The van der Waals surface area contributed by atoms with Gasteiger partial charge in [-0.15, -0.1) is 0 Å². The molecule has 3 atom stereocenters. The third-order valence-electron chi connectivity index (χ3n) is 8.24. The van der Waals surface area contributed by atoms with Gasteiger partial charge in [-0.25, -0.2) is 0 Å². The molecule has 0 unspecified atom stereocenters. The van der Waals surface area contributed by atoms with E-state index < -0.39 is 5.41 Å². The summed E-state index contributed by atoms with van der Waals surface area (Å²) in [6.45, 7) is 4.92. The number of carbonyl (C=O) groups is 2. The van der Waals surface area contributed by atoms with E-state index in [1.807, 2.05) is 35.2 Å². The molecule has 2 saturated heterocycles. The number of hydrogen-bond donors (Lipinski definition) is 1. The molecule has 168 valence electrons. The van der Waals surface area contributed by atoms with Crippen molar-refractivity contribution in [2.24, 2.45) is 11.3 Å². The lowest BCUT2D eigenvalue weighted by Crippen LogP contribution is -2.62. The zero-order chi connectivity index (χ0) is 21.3. The molecule has 2 aliphatic carbocycles. The van der Waals surface area contributed by atoms with Crippen LogP contribution in [0, 0.1) is 11.3 Å². The highest BCUT2D eigenvalue weighted by molar-refractivity contribution is 5.95. The molecule has 6 nitrogen and oxygen atoms in total. The predicted molar refractivity (Wildman–Crippen MR) is 119 cm³/mol. The number of morpholine rings is 1. The molecule has 0 aromatic heterocycles. The van der Waals surface area contributed by atoms with E-state index in [0.717, 1.165) is 76.9 Å². The van der Waals surface area contributed by atoms with E-state index in [2.05, 4.69) is 10.2 Å². The number of nitrogens with one attached hydrogen (secondary N) is 1. The Balaban J connectivity index is 1.35. The van der Waals surface area contributed by atoms with Gasteiger partial charge in [0, 0.05) is 43.8 Å². The number of piperidine rings is 1. The maximum absolute atomic E-state index is 13.7. The smallest absolute Gasteiger partial charge is 0.253 e. The molecule has 1 aromatic carbocycles. The van der Waals surface area contributed by atoms with E-state index in [4.69, 9.17) is 4.74 Å². The normalized spacial score (nSPS) is 32.1. The Kier molecular flexibility index (Phi) is 6.02. The van der Waals surface area contributed by atoms with E-state index in [-0.39, 0.29) is 11.8 Å². The van der Waals surface area contributed by atoms with E-state index >= 15 is 0 Å². The molecule has 31 heavy (non-hydrogen) atoms. The molecule has 2 amide bonds. The number of carbonyl (C=O) groups excluding carboxylic acids is 2. The Hall–Kier alpha value is -1.92. The molecular weight excluding hydrogens is 390 g/mol. The fraction of sp³-hybridized carbons (Fsp3) is 0.680. The number of benzene rings is 1. The Morgan fingerprint density at radius 3 is 2.48 bits per heavy atom. The second kappa shape index (κ2) is 8.91. The van der Waals surface area contributed by atoms with Gasteiger partial charge in [-0.3, -0.25) is 14.5 Å². The van der Waals surface area contributed by atoms with Crippen LogP contribution >= 0.6 is 0 Å². The van der Waals surface area contributed by atoms with Gasteiger partial charge < -0.3 is 15.0 Å². The van der Waals surface area contributed by atoms with E-state index in [1.54, 1.807) is 0 Å². The molecule has 1 aromatic rings. The van der Waals surface area contributed by atoms with Gasteiger partial charge in [-0.05, 0) is 63.0 Å². The van der Waals surface area contributed by atoms with Crippen molar-refractivity contribution in [1.29, 1.82) is 0 Å².